The normalized spacial score (nSPS) is 13.9. The molecule has 0 fully saturated rings. The lowest BCUT2D eigenvalue weighted by Crippen LogP contribution is -2.29. The third kappa shape index (κ3) is 41.2. The Morgan fingerprint density at radius 1 is 0.545 bits per heavy atom. The third-order valence-electron chi connectivity index (χ3n) is 8.86. The highest BCUT2D eigenvalue weighted by atomic mass is 31.2. The molecule has 9 nitrogen and oxygen atoms in total. The van der Waals surface area contributed by atoms with Gasteiger partial charge in [0, 0.05) is 19.4 Å². The van der Waals surface area contributed by atoms with Crippen LogP contribution >= 0.6 is 7.82 Å². The van der Waals surface area contributed by atoms with Gasteiger partial charge in [-0.05, 0) is 77.0 Å². The summed E-state index contributed by atoms with van der Waals surface area (Å²) in [5.74, 6) is -0.870. The van der Waals surface area contributed by atoms with E-state index in [1.165, 1.54) is 77.0 Å². The van der Waals surface area contributed by atoms with Crippen molar-refractivity contribution in [2.45, 2.75) is 187 Å². The second-order valence-corrected chi connectivity index (χ2v) is 15.7. The molecule has 318 valence electrons. The SMILES string of the molecule is CCC/C=C/C/C=C/C/C=C/C/C=C/CCCCCC(=O)OC[C@H](COP(=O)(O)OCCN)OC(=O)CCCCCCCCCCC/C=C/CCCCCC. The van der Waals surface area contributed by atoms with Crippen molar-refractivity contribution >= 4 is 19.8 Å². The van der Waals surface area contributed by atoms with Crippen LogP contribution in [0.15, 0.2) is 60.8 Å². The van der Waals surface area contributed by atoms with Crippen molar-refractivity contribution in [1.29, 1.82) is 0 Å². The predicted octanol–water partition coefficient (Wildman–Crippen LogP) is 12.5. The van der Waals surface area contributed by atoms with Crippen LogP contribution in [0.3, 0.4) is 0 Å². The zero-order valence-corrected chi connectivity index (χ0v) is 35.8. The summed E-state index contributed by atoms with van der Waals surface area (Å²) in [6.07, 6.45) is 48.2. The second kappa shape index (κ2) is 41.3. The van der Waals surface area contributed by atoms with Crippen molar-refractivity contribution in [1.82, 2.24) is 0 Å². The maximum Gasteiger partial charge on any atom is 0.472 e. The zero-order chi connectivity index (χ0) is 40.3. The molecule has 0 radical (unpaired) electrons. The average Bonchev–Trinajstić information content (AvgIpc) is 3.17. The highest BCUT2D eigenvalue weighted by Gasteiger charge is 2.26. The first-order valence-electron chi connectivity index (χ1n) is 21.8. The van der Waals surface area contributed by atoms with Crippen LogP contribution in [0.4, 0.5) is 0 Å². The molecule has 0 aromatic heterocycles. The molecule has 0 saturated heterocycles. The van der Waals surface area contributed by atoms with Crippen molar-refractivity contribution in [2.75, 3.05) is 26.4 Å². The molecule has 55 heavy (non-hydrogen) atoms. The molecule has 0 aliphatic carbocycles. The van der Waals surface area contributed by atoms with Crippen molar-refractivity contribution < 1.29 is 37.6 Å². The molecule has 0 bridgehead atoms. The number of esters is 2. The fourth-order valence-corrected chi connectivity index (χ4v) is 6.38. The van der Waals surface area contributed by atoms with Crippen LogP contribution in [-0.4, -0.2) is 49.3 Å². The van der Waals surface area contributed by atoms with Gasteiger partial charge in [-0.15, -0.1) is 0 Å². The van der Waals surface area contributed by atoms with E-state index in [1.807, 2.05) is 0 Å². The number of phosphoric ester groups is 1. The average molecular weight is 794 g/mol. The Bertz CT molecular complexity index is 1090. The Labute approximate surface area is 336 Å². The van der Waals surface area contributed by atoms with E-state index in [1.54, 1.807) is 0 Å². The molecular weight excluding hydrogens is 713 g/mol. The van der Waals surface area contributed by atoms with Crippen LogP contribution in [0.5, 0.6) is 0 Å². The fourth-order valence-electron chi connectivity index (χ4n) is 5.62. The highest BCUT2D eigenvalue weighted by molar-refractivity contribution is 7.47. The summed E-state index contributed by atoms with van der Waals surface area (Å²) in [5.41, 5.74) is 5.34. The first-order chi connectivity index (χ1) is 26.8. The van der Waals surface area contributed by atoms with Crippen molar-refractivity contribution in [3.8, 4) is 0 Å². The maximum absolute atomic E-state index is 12.6. The smallest absolute Gasteiger partial charge is 0.462 e. The maximum atomic E-state index is 12.6. The summed E-state index contributed by atoms with van der Waals surface area (Å²) in [5, 5.41) is 0. The van der Waals surface area contributed by atoms with Gasteiger partial charge in [-0.3, -0.25) is 18.6 Å². The molecule has 0 aromatic carbocycles. The number of carbonyl (C=O) groups excluding carboxylic acids is 2. The summed E-state index contributed by atoms with van der Waals surface area (Å²) < 4.78 is 32.8. The van der Waals surface area contributed by atoms with E-state index in [0.29, 0.717) is 12.8 Å². The Balaban J connectivity index is 4.22. The van der Waals surface area contributed by atoms with E-state index in [2.05, 4.69) is 74.6 Å². The van der Waals surface area contributed by atoms with Crippen LogP contribution in [0.25, 0.3) is 0 Å². The Hall–Kier alpha value is -2.29. The van der Waals surface area contributed by atoms with Gasteiger partial charge >= 0.3 is 19.8 Å². The first kappa shape index (κ1) is 52.7. The monoisotopic (exact) mass is 794 g/mol. The molecule has 3 N–H and O–H groups in total. The van der Waals surface area contributed by atoms with E-state index in [9.17, 15) is 19.0 Å². The van der Waals surface area contributed by atoms with Gasteiger partial charge in [0.05, 0.1) is 13.2 Å². The van der Waals surface area contributed by atoms with Gasteiger partial charge in [-0.25, -0.2) is 4.57 Å². The quantitative estimate of drug-likeness (QED) is 0.0269. The van der Waals surface area contributed by atoms with E-state index in [-0.39, 0.29) is 32.6 Å². The summed E-state index contributed by atoms with van der Waals surface area (Å²) in [6.45, 7) is 3.61. The number of carbonyl (C=O) groups is 2. The summed E-state index contributed by atoms with van der Waals surface area (Å²) in [6, 6.07) is 0. The van der Waals surface area contributed by atoms with Crippen LogP contribution in [0.2, 0.25) is 0 Å². The molecule has 0 aliphatic rings. The van der Waals surface area contributed by atoms with Crippen LogP contribution in [0, 0.1) is 0 Å². The van der Waals surface area contributed by atoms with Gasteiger partial charge in [-0.1, -0.05) is 152 Å². The molecule has 1 unspecified atom stereocenters. The van der Waals surface area contributed by atoms with Gasteiger partial charge < -0.3 is 20.1 Å². The molecule has 10 heteroatoms. The number of hydrogen-bond acceptors (Lipinski definition) is 8. The largest absolute Gasteiger partial charge is 0.472 e. The van der Waals surface area contributed by atoms with Gasteiger partial charge in [0.1, 0.15) is 6.61 Å². The minimum Gasteiger partial charge on any atom is -0.462 e. The van der Waals surface area contributed by atoms with Crippen molar-refractivity contribution in [3.05, 3.63) is 60.8 Å². The zero-order valence-electron chi connectivity index (χ0n) is 34.9. The molecule has 0 heterocycles. The molecular formula is C45H80NO8P. The number of nitrogens with two attached hydrogens (primary N) is 1. The minimum atomic E-state index is -4.39. The molecule has 0 aliphatic heterocycles. The Morgan fingerprint density at radius 2 is 0.982 bits per heavy atom. The number of unbranched alkanes of at least 4 members (excludes halogenated alkanes) is 17. The summed E-state index contributed by atoms with van der Waals surface area (Å²) >= 11 is 0. The van der Waals surface area contributed by atoms with Crippen molar-refractivity contribution in [3.63, 3.8) is 0 Å². The van der Waals surface area contributed by atoms with E-state index in [0.717, 1.165) is 64.2 Å². The predicted molar refractivity (Wildman–Crippen MR) is 229 cm³/mol. The number of ether oxygens (including phenoxy) is 2. The van der Waals surface area contributed by atoms with Gasteiger partial charge in [0.2, 0.25) is 0 Å². The van der Waals surface area contributed by atoms with E-state index in [4.69, 9.17) is 24.3 Å². The standard InChI is InChI=1S/C45H80NO8P/c1-3-5-7-9-11-13-15-17-19-21-23-25-27-29-31-33-35-37-44(47)51-41-43(42-53-55(49,50)52-40-39-46)54-45(48)38-36-34-32-30-28-26-24-22-20-18-16-14-12-10-8-6-4-2/h7,9,13-16,19,21,25,27,43H,3-6,8,10-12,17-18,20,22-24,26,28-42,46H2,1-2H3,(H,49,50)/b9-7+,15-13+,16-14+,21-19+,27-25+/t43-/m1/s1. The van der Waals surface area contributed by atoms with Crippen LogP contribution in [0.1, 0.15) is 181 Å². The lowest BCUT2D eigenvalue weighted by Gasteiger charge is -2.19. The topological polar surface area (TPSA) is 134 Å². The molecule has 0 spiro atoms. The number of allylic oxidation sites excluding steroid dienone is 10. The molecule has 0 aromatic rings. The second-order valence-electron chi connectivity index (χ2n) is 14.2. The first-order valence-corrected chi connectivity index (χ1v) is 23.3. The summed E-state index contributed by atoms with van der Waals surface area (Å²) in [7, 11) is -4.39. The number of rotatable bonds is 40. The summed E-state index contributed by atoms with van der Waals surface area (Å²) in [4.78, 5) is 34.9. The van der Waals surface area contributed by atoms with Gasteiger partial charge in [0.25, 0.3) is 0 Å². The number of phosphoric acid groups is 1. The molecule has 0 amide bonds. The van der Waals surface area contributed by atoms with E-state index >= 15 is 0 Å². The lowest BCUT2D eigenvalue weighted by atomic mass is 10.1. The van der Waals surface area contributed by atoms with Crippen LogP contribution < -0.4 is 5.73 Å². The Morgan fingerprint density at radius 3 is 1.51 bits per heavy atom. The molecule has 0 rings (SSSR count). The van der Waals surface area contributed by atoms with Crippen LogP contribution in [-0.2, 0) is 32.7 Å². The lowest BCUT2D eigenvalue weighted by molar-refractivity contribution is -0.161. The minimum absolute atomic E-state index is 0.0462. The fraction of sp³-hybridized carbons (Fsp3) is 0.733. The third-order valence-corrected chi connectivity index (χ3v) is 9.84. The van der Waals surface area contributed by atoms with E-state index < -0.39 is 32.5 Å². The molecule has 2 atom stereocenters. The highest BCUT2D eigenvalue weighted by Crippen LogP contribution is 2.43. The van der Waals surface area contributed by atoms with Crippen molar-refractivity contribution in [2.24, 2.45) is 5.73 Å². The van der Waals surface area contributed by atoms with Gasteiger partial charge in [0.15, 0.2) is 6.10 Å². The number of hydrogen-bond donors (Lipinski definition) is 2. The Kier molecular flexibility index (Phi) is 39.6. The molecule has 0 saturated carbocycles. The van der Waals surface area contributed by atoms with Gasteiger partial charge in [-0.2, -0.15) is 0 Å².